The number of unbranched alkanes of at least 4 members (excludes halogenated alkanes) is 1. The summed E-state index contributed by atoms with van der Waals surface area (Å²) in [7, 11) is -3.91. The molecule has 1 rings (SSSR count). The van der Waals surface area contributed by atoms with Crippen LogP contribution in [0.25, 0.3) is 0 Å². The van der Waals surface area contributed by atoms with Crippen LogP contribution in [0.1, 0.15) is 30.1 Å². The minimum absolute atomic E-state index is 0.0735. The zero-order valence-corrected chi connectivity index (χ0v) is 11.4. The minimum atomic E-state index is -3.91. The molecule has 0 aliphatic rings. The summed E-state index contributed by atoms with van der Waals surface area (Å²) in [5.41, 5.74) is -0.389. The molecule has 0 unspecified atom stereocenters. The Hall–Kier alpha value is -1.45. The highest BCUT2D eigenvalue weighted by atomic mass is 32.2. The van der Waals surface area contributed by atoms with E-state index in [1.165, 1.54) is 0 Å². The Labute approximate surface area is 111 Å². The predicted octanol–water partition coefficient (Wildman–Crippen LogP) is 0.203. The number of hydrogen-bond acceptors (Lipinski definition) is 5. The zero-order valence-electron chi connectivity index (χ0n) is 10.5. The zero-order chi connectivity index (χ0) is 14.3. The number of nitrogens with zero attached hydrogens (tertiary/aromatic N) is 1. The van der Waals surface area contributed by atoms with Gasteiger partial charge in [-0.2, -0.15) is 5.10 Å². The number of aromatic nitrogens is 2. The Kier molecular flexibility index (Phi) is 5.93. The van der Waals surface area contributed by atoms with Gasteiger partial charge in [-0.15, -0.1) is 0 Å². The molecule has 0 saturated heterocycles. The molecule has 0 aliphatic heterocycles. The van der Waals surface area contributed by atoms with Gasteiger partial charge in [-0.1, -0.05) is 13.3 Å². The molecule has 1 heterocycles. The van der Waals surface area contributed by atoms with Crippen LogP contribution < -0.4 is 4.72 Å². The van der Waals surface area contributed by atoms with E-state index in [0.717, 1.165) is 19.0 Å². The van der Waals surface area contributed by atoms with Crippen LogP contribution in [0, 0.1) is 0 Å². The van der Waals surface area contributed by atoms with Crippen LogP contribution >= 0.6 is 0 Å². The highest BCUT2D eigenvalue weighted by Crippen LogP contribution is 2.11. The molecule has 0 atom stereocenters. The predicted molar refractivity (Wildman–Crippen MR) is 66.5 cm³/mol. The number of nitrogens with one attached hydrogen (secondary N) is 2. The lowest BCUT2D eigenvalue weighted by Crippen LogP contribution is -2.29. The van der Waals surface area contributed by atoms with E-state index in [0.29, 0.717) is 6.61 Å². The fourth-order valence-electron chi connectivity index (χ4n) is 1.30. The van der Waals surface area contributed by atoms with Gasteiger partial charge in [0, 0.05) is 13.2 Å². The third kappa shape index (κ3) is 4.62. The molecular formula is C10H17N3O5S. The van der Waals surface area contributed by atoms with Gasteiger partial charge in [-0.3, -0.25) is 5.10 Å². The Balaban J connectivity index is 2.52. The SMILES string of the molecule is CCCCOCCNS(=O)(=O)c1[nH]ncc1C(=O)O. The van der Waals surface area contributed by atoms with E-state index in [9.17, 15) is 13.2 Å². The van der Waals surface area contributed by atoms with Crippen LogP contribution in [0.15, 0.2) is 11.2 Å². The molecule has 0 aromatic carbocycles. The normalized spacial score (nSPS) is 11.6. The van der Waals surface area contributed by atoms with Gasteiger partial charge in [0.05, 0.1) is 12.8 Å². The van der Waals surface area contributed by atoms with Gasteiger partial charge in [0.15, 0.2) is 5.03 Å². The summed E-state index contributed by atoms with van der Waals surface area (Å²) in [6.07, 6.45) is 2.87. The van der Waals surface area contributed by atoms with Crippen LogP contribution in [-0.2, 0) is 14.8 Å². The van der Waals surface area contributed by atoms with Crippen molar-refractivity contribution in [3.05, 3.63) is 11.8 Å². The first-order chi connectivity index (χ1) is 8.99. The molecule has 8 nitrogen and oxygen atoms in total. The summed E-state index contributed by atoms with van der Waals surface area (Å²) < 4.78 is 31.1. The van der Waals surface area contributed by atoms with Gasteiger partial charge in [-0.25, -0.2) is 17.9 Å². The largest absolute Gasteiger partial charge is 0.478 e. The second-order valence-electron chi connectivity index (χ2n) is 3.78. The molecule has 0 aliphatic carbocycles. The van der Waals surface area contributed by atoms with E-state index in [1.807, 2.05) is 6.92 Å². The van der Waals surface area contributed by atoms with Crippen molar-refractivity contribution in [1.29, 1.82) is 0 Å². The Morgan fingerprint density at radius 2 is 2.26 bits per heavy atom. The molecule has 0 amide bonds. The standard InChI is InChI=1S/C10H17N3O5S/c1-2-3-5-18-6-4-12-19(16,17)9-8(10(14)15)7-11-13-9/h7,12H,2-6H2,1H3,(H,11,13)(H,14,15). The number of sulfonamides is 1. The quantitative estimate of drug-likeness (QED) is 0.559. The van der Waals surface area contributed by atoms with E-state index in [1.54, 1.807) is 0 Å². The van der Waals surface area contributed by atoms with Crippen molar-refractivity contribution in [3.63, 3.8) is 0 Å². The average molecular weight is 291 g/mol. The average Bonchev–Trinajstić information content (AvgIpc) is 2.83. The summed E-state index contributed by atoms with van der Waals surface area (Å²) in [6.45, 7) is 2.90. The first-order valence-corrected chi connectivity index (χ1v) is 7.31. The molecule has 3 N–H and O–H groups in total. The third-order valence-corrected chi connectivity index (χ3v) is 3.72. The monoisotopic (exact) mass is 291 g/mol. The molecule has 0 spiro atoms. The summed E-state index contributed by atoms with van der Waals surface area (Å²) in [6, 6.07) is 0. The number of H-pyrrole nitrogens is 1. The van der Waals surface area contributed by atoms with Crippen LogP contribution in [0.5, 0.6) is 0 Å². The first-order valence-electron chi connectivity index (χ1n) is 5.83. The van der Waals surface area contributed by atoms with Gasteiger partial charge in [0.25, 0.3) is 10.0 Å². The fraction of sp³-hybridized carbons (Fsp3) is 0.600. The van der Waals surface area contributed by atoms with Crippen LogP contribution in [0.2, 0.25) is 0 Å². The summed E-state index contributed by atoms with van der Waals surface area (Å²) in [5.74, 6) is -1.35. The van der Waals surface area contributed by atoms with Gasteiger partial charge < -0.3 is 9.84 Å². The number of aromatic amines is 1. The number of ether oxygens (including phenoxy) is 1. The van der Waals surface area contributed by atoms with E-state index >= 15 is 0 Å². The van der Waals surface area contributed by atoms with Crippen molar-refractivity contribution in [3.8, 4) is 0 Å². The second-order valence-corrected chi connectivity index (χ2v) is 5.49. The van der Waals surface area contributed by atoms with Gasteiger partial charge in [-0.05, 0) is 6.42 Å². The van der Waals surface area contributed by atoms with Gasteiger partial charge in [0.1, 0.15) is 5.56 Å². The number of rotatable bonds is 9. The number of carboxylic acids is 1. The molecule has 9 heteroatoms. The van der Waals surface area contributed by atoms with Crippen LogP contribution in [-0.4, -0.2) is 49.4 Å². The second kappa shape index (κ2) is 7.22. The van der Waals surface area contributed by atoms with Crippen molar-refractivity contribution >= 4 is 16.0 Å². The number of hydrogen-bond donors (Lipinski definition) is 3. The van der Waals surface area contributed by atoms with Crippen molar-refractivity contribution in [2.24, 2.45) is 0 Å². The third-order valence-electron chi connectivity index (χ3n) is 2.28. The molecule has 108 valence electrons. The van der Waals surface area contributed by atoms with Gasteiger partial charge in [0.2, 0.25) is 0 Å². The summed E-state index contributed by atoms with van der Waals surface area (Å²) >= 11 is 0. The van der Waals surface area contributed by atoms with Crippen molar-refractivity contribution < 1.29 is 23.1 Å². The topological polar surface area (TPSA) is 121 Å². The van der Waals surface area contributed by atoms with E-state index in [4.69, 9.17) is 9.84 Å². The number of aromatic carboxylic acids is 1. The lowest BCUT2D eigenvalue weighted by atomic mass is 10.4. The Morgan fingerprint density at radius 3 is 2.89 bits per heavy atom. The van der Waals surface area contributed by atoms with Crippen LogP contribution in [0.4, 0.5) is 0 Å². The van der Waals surface area contributed by atoms with E-state index < -0.39 is 21.0 Å². The van der Waals surface area contributed by atoms with Crippen molar-refractivity contribution in [2.75, 3.05) is 19.8 Å². The maximum Gasteiger partial charge on any atom is 0.340 e. The summed E-state index contributed by atoms with van der Waals surface area (Å²) in [4.78, 5) is 10.8. The van der Waals surface area contributed by atoms with Crippen LogP contribution in [0.3, 0.4) is 0 Å². The highest BCUT2D eigenvalue weighted by Gasteiger charge is 2.24. The lowest BCUT2D eigenvalue weighted by Gasteiger charge is -2.06. The van der Waals surface area contributed by atoms with Gasteiger partial charge >= 0.3 is 5.97 Å². The number of carbonyl (C=O) groups is 1. The number of carboxylic acid groups (broad SMARTS) is 1. The molecule has 1 aromatic rings. The molecule has 0 fully saturated rings. The molecule has 0 saturated carbocycles. The smallest absolute Gasteiger partial charge is 0.340 e. The van der Waals surface area contributed by atoms with Crippen molar-refractivity contribution in [2.45, 2.75) is 24.8 Å². The van der Waals surface area contributed by atoms with E-state index in [-0.39, 0.29) is 18.7 Å². The molecule has 0 radical (unpaired) electrons. The Bertz CT molecular complexity index is 511. The summed E-state index contributed by atoms with van der Waals surface area (Å²) in [5, 5.41) is 13.9. The molecule has 0 bridgehead atoms. The van der Waals surface area contributed by atoms with Crippen molar-refractivity contribution in [1.82, 2.24) is 14.9 Å². The maximum absolute atomic E-state index is 11.8. The lowest BCUT2D eigenvalue weighted by molar-refractivity contribution is 0.0692. The maximum atomic E-state index is 11.8. The molecule has 19 heavy (non-hydrogen) atoms. The highest BCUT2D eigenvalue weighted by molar-refractivity contribution is 7.89. The fourth-order valence-corrected chi connectivity index (χ4v) is 2.40. The molecular weight excluding hydrogens is 274 g/mol. The minimum Gasteiger partial charge on any atom is -0.478 e. The molecule has 1 aromatic heterocycles. The van der Waals surface area contributed by atoms with E-state index in [2.05, 4.69) is 14.9 Å². The Morgan fingerprint density at radius 1 is 1.53 bits per heavy atom. The first kappa shape index (κ1) is 15.6.